The molecule has 162 valence electrons. The maximum atomic E-state index is 12.2. The number of benzene rings is 1. The van der Waals surface area contributed by atoms with Gasteiger partial charge in [-0.1, -0.05) is 6.58 Å². The summed E-state index contributed by atoms with van der Waals surface area (Å²) < 4.78 is 5.43. The van der Waals surface area contributed by atoms with Crippen LogP contribution < -0.4 is 15.5 Å². The molecule has 0 unspecified atom stereocenters. The first kappa shape index (κ1) is 20.9. The molecule has 31 heavy (non-hydrogen) atoms. The number of aromatic nitrogens is 1. The Morgan fingerprint density at radius 1 is 1.32 bits per heavy atom. The van der Waals surface area contributed by atoms with Crippen molar-refractivity contribution in [3.05, 3.63) is 60.6 Å². The molecule has 7 nitrogen and oxygen atoms in total. The number of piperidine rings is 1. The number of rotatable bonds is 3. The van der Waals surface area contributed by atoms with Crippen LogP contribution in [0.4, 0.5) is 10.5 Å². The minimum atomic E-state index is -0.507. The van der Waals surface area contributed by atoms with Gasteiger partial charge in [-0.05, 0) is 64.0 Å². The van der Waals surface area contributed by atoms with Crippen LogP contribution in [0.25, 0.3) is 10.9 Å². The third-order valence-electron chi connectivity index (χ3n) is 5.23. The zero-order valence-corrected chi connectivity index (χ0v) is 18.3. The van der Waals surface area contributed by atoms with Gasteiger partial charge >= 0.3 is 6.09 Å². The molecule has 0 bridgehead atoms. The normalized spacial score (nSPS) is 19.1. The molecule has 1 aromatic carbocycles. The molecule has 1 fully saturated rings. The van der Waals surface area contributed by atoms with Gasteiger partial charge < -0.3 is 20.3 Å². The van der Waals surface area contributed by atoms with E-state index in [0.29, 0.717) is 0 Å². The van der Waals surface area contributed by atoms with Crippen LogP contribution >= 0.6 is 0 Å². The minimum absolute atomic E-state index is 0.0350. The fourth-order valence-corrected chi connectivity index (χ4v) is 3.92. The molecule has 2 aliphatic rings. The first-order valence-electron chi connectivity index (χ1n) is 10.6. The summed E-state index contributed by atoms with van der Waals surface area (Å²) in [6, 6.07) is 8.21. The number of nitrogens with zero attached hydrogens (tertiary/aromatic N) is 3. The molecule has 4 rings (SSSR count). The summed E-state index contributed by atoms with van der Waals surface area (Å²) in [6.45, 7) is 11.2. The van der Waals surface area contributed by atoms with E-state index in [0.717, 1.165) is 59.6 Å². The number of allylic oxidation sites excluding steroid dienone is 1. The summed E-state index contributed by atoms with van der Waals surface area (Å²) in [5, 5.41) is 7.30. The predicted molar refractivity (Wildman–Crippen MR) is 124 cm³/mol. The van der Waals surface area contributed by atoms with Gasteiger partial charge in [-0.2, -0.15) is 0 Å². The van der Waals surface area contributed by atoms with Crippen LogP contribution in [-0.2, 0) is 4.74 Å². The lowest BCUT2D eigenvalue weighted by atomic mass is 10.0. The summed E-state index contributed by atoms with van der Waals surface area (Å²) >= 11 is 0. The molecule has 0 radical (unpaired) electrons. The fourth-order valence-electron chi connectivity index (χ4n) is 3.92. The molecule has 2 N–H and O–H groups in total. The number of ether oxygens (including phenoxy) is 1. The number of hydrogen-bond acceptors (Lipinski definition) is 6. The van der Waals surface area contributed by atoms with Gasteiger partial charge in [0.1, 0.15) is 11.4 Å². The number of carbonyl (C=O) groups excluding carboxylic acids is 1. The highest BCUT2D eigenvalue weighted by Gasteiger charge is 2.25. The SMILES string of the molecule is C=C1C=CN=C(c2ccc3nccc(N4CCC[C@H](NC(=O)OC(C)(C)C)C4)c3c2)N1. The first-order chi connectivity index (χ1) is 14.8. The molecular weight excluding hydrogens is 390 g/mol. The Morgan fingerprint density at radius 3 is 2.94 bits per heavy atom. The Bertz CT molecular complexity index is 1070. The number of nitrogens with one attached hydrogen (secondary N) is 2. The van der Waals surface area contributed by atoms with Gasteiger partial charge in [0.05, 0.1) is 5.52 Å². The number of alkyl carbamates (subject to hydrolysis) is 1. The lowest BCUT2D eigenvalue weighted by Gasteiger charge is -2.35. The zero-order valence-electron chi connectivity index (χ0n) is 18.3. The maximum absolute atomic E-state index is 12.2. The molecule has 1 atom stereocenters. The second kappa shape index (κ2) is 8.41. The van der Waals surface area contributed by atoms with Crippen molar-refractivity contribution in [3.8, 4) is 0 Å². The Hall–Kier alpha value is -3.35. The van der Waals surface area contributed by atoms with Gasteiger partial charge in [0.15, 0.2) is 0 Å². The number of carbonyl (C=O) groups is 1. The zero-order chi connectivity index (χ0) is 22.0. The van der Waals surface area contributed by atoms with E-state index in [4.69, 9.17) is 4.74 Å². The monoisotopic (exact) mass is 419 g/mol. The van der Waals surface area contributed by atoms with Gasteiger partial charge in [0, 0.05) is 53.9 Å². The number of aliphatic imine (C=N–C) groups is 1. The summed E-state index contributed by atoms with van der Waals surface area (Å²) in [5.74, 6) is 0.771. The highest BCUT2D eigenvalue weighted by atomic mass is 16.6. The van der Waals surface area contributed by atoms with Crippen molar-refractivity contribution in [3.63, 3.8) is 0 Å². The molecule has 7 heteroatoms. The van der Waals surface area contributed by atoms with E-state index >= 15 is 0 Å². The number of anilines is 1. The van der Waals surface area contributed by atoms with E-state index in [2.05, 4.69) is 38.2 Å². The molecule has 0 saturated carbocycles. The van der Waals surface area contributed by atoms with Crippen molar-refractivity contribution < 1.29 is 9.53 Å². The van der Waals surface area contributed by atoms with Gasteiger partial charge in [-0.25, -0.2) is 9.79 Å². The Balaban J connectivity index is 1.57. The Morgan fingerprint density at radius 2 is 2.16 bits per heavy atom. The molecule has 1 saturated heterocycles. The maximum Gasteiger partial charge on any atom is 0.407 e. The smallest absolute Gasteiger partial charge is 0.407 e. The van der Waals surface area contributed by atoms with Crippen LogP contribution in [0.2, 0.25) is 0 Å². The van der Waals surface area contributed by atoms with E-state index in [-0.39, 0.29) is 12.1 Å². The van der Waals surface area contributed by atoms with E-state index in [1.807, 2.05) is 51.2 Å². The molecule has 2 aromatic rings. The third-order valence-corrected chi connectivity index (χ3v) is 5.23. The van der Waals surface area contributed by atoms with Gasteiger partial charge in [0.25, 0.3) is 0 Å². The summed E-state index contributed by atoms with van der Waals surface area (Å²) in [7, 11) is 0. The van der Waals surface area contributed by atoms with Crippen LogP contribution in [0.15, 0.2) is 60.0 Å². The molecule has 2 aliphatic heterocycles. The van der Waals surface area contributed by atoms with Crippen LogP contribution in [0.3, 0.4) is 0 Å². The number of amidine groups is 1. The van der Waals surface area contributed by atoms with Crippen LogP contribution in [0, 0.1) is 0 Å². The van der Waals surface area contributed by atoms with Crippen molar-refractivity contribution in [2.24, 2.45) is 4.99 Å². The minimum Gasteiger partial charge on any atom is -0.444 e. The van der Waals surface area contributed by atoms with Crippen molar-refractivity contribution in [2.75, 3.05) is 18.0 Å². The highest BCUT2D eigenvalue weighted by Crippen LogP contribution is 2.29. The number of amides is 1. The quantitative estimate of drug-likeness (QED) is 0.783. The lowest BCUT2D eigenvalue weighted by molar-refractivity contribution is 0.0500. The molecule has 1 aromatic heterocycles. The number of fused-ring (bicyclic) bond motifs is 1. The van der Waals surface area contributed by atoms with Crippen LogP contribution in [0.5, 0.6) is 0 Å². The van der Waals surface area contributed by atoms with E-state index in [1.54, 1.807) is 6.20 Å². The van der Waals surface area contributed by atoms with Crippen molar-refractivity contribution >= 4 is 28.5 Å². The topological polar surface area (TPSA) is 78.9 Å². The highest BCUT2D eigenvalue weighted by molar-refractivity contribution is 6.05. The molecule has 0 aliphatic carbocycles. The van der Waals surface area contributed by atoms with Gasteiger partial charge in [0.2, 0.25) is 0 Å². The lowest BCUT2D eigenvalue weighted by Crippen LogP contribution is -2.49. The van der Waals surface area contributed by atoms with E-state index in [1.165, 1.54) is 0 Å². The largest absolute Gasteiger partial charge is 0.444 e. The van der Waals surface area contributed by atoms with Gasteiger partial charge in [-0.3, -0.25) is 4.98 Å². The second-order valence-electron chi connectivity index (χ2n) is 8.94. The number of pyridine rings is 1. The van der Waals surface area contributed by atoms with Crippen molar-refractivity contribution in [2.45, 2.75) is 45.3 Å². The average Bonchev–Trinajstić information content (AvgIpc) is 2.71. The molecule has 1 amide bonds. The van der Waals surface area contributed by atoms with Crippen LogP contribution in [-0.4, -0.2) is 41.6 Å². The molecule has 0 spiro atoms. The summed E-state index contributed by atoms with van der Waals surface area (Å²) in [4.78, 5) is 23.5. The van der Waals surface area contributed by atoms with Crippen molar-refractivity contribution in [1.29, 1.82) is 0 Å². The second-order valence-corrected chi connectivity index (χ2v) is 8.94. The van der Waals surface area contributed by atoms with Crippen molar-refractivity contribution in [1.82, 2.24) is 15.6 Å². The van der Waals surface area contributed by atoms with Crippen LogP contribution in [0.1, 0.15) is 39.2 Å². The Kier molecular flexibility index (Phi) is 5.67. The van der Waals surface area contributed by atoms with E-state index in [9.17, 15) is 4.79 Å². The predicted octanol–water partition coefficient (Wildman–Crippen LogP) is 4.11. The summed E-state index contributed by atoms with van der Waals surface area (Å²) in [5.41, 5.74) is 3.31. The van der Waals surface area contributed by atoms with E-state index < -0.39 is 5.60 Å². The number of hydrogen-bond donors (Lipinski definition) is 2. The summed E-state index contributed by atoms with van der Waals surface area (Å²) in [6.07, 6.45) is 6.98. The Labute approximate surface area is 182 Å². The van der Waals surface area contributed by atoms with Gasteiger partial charge in [-0.15, -0.1) is 0 Å². The molecule has 3 heterocycles. The third kappa shape index (κ3) is 5.05. The fraction of sp³-hybridized carbons (Fsp3) is 0.375. The first-order valence-corrected chi connectivity index (χ1v) is 10.6. The standard InChI is InChI=1S/C24H29N5O2/c1-16-9-11-26-22(27-16)17-7-8-20-19(14-17)21(10-12-25-20)29-13-5-6-18(15-29)28-23(30)31-24(2,3)4/h7-12,14,18H,1,5-6,13,15H2,2-4H3,(H,26,27)(H,28,30)/t18-/m0/s1. The average molecular weight is 420 g/mol. The molecular formula is C24H29N5O2.